The van der Waals surface area contributed by atoms with Crippen molar-refractivity contribution >= 4 is 5.97 Å². The number of rotatable bonds is 8. The van der Waals surface area contributed by atoms with Gasteiger partial charge >= 0.3 is 5.97 Å². The molecule has 0 aliphatic heterocycles. The zero-order valence-corrected chi connectivity index (χ0v) is 12.9. The van der Waals surface area contributed by atoms with Gasteiger partial charge in [-0.1, -0.05) is 26.7 Å². The Bertz CT molecular complexity index is 330. The molecule has 0 amide bonds. The van der Waals surface area contributed by atoms with Gasteiger partial charge in [-0.15, -0.1) is 0 Å². The molecule has 3 unspecified atom stereocenters. The van der Waals surface area contributed by atoms with E-state index in [1.165, 1.54) is 12.8 Å². The van der Waals surface area contributed by atoms with Gasteiger partial charge in [0.05, 0.1) is 12.7 Å². The van der Waals surface area contributed by atoms with E-state index < -0.39 is 11.5 Å². The minimum Gasteiger partial charge on any atom is -0.480 e. The number of hydrogen-bond donors (Lipinski definition) is 2. The van der Waals surface area contributed by atoms with Crippen LogP contribution in [-0.4, -0.2) is 35.9 Å². The second-order valence-electron chi connectivity index (χ2n) is 6.68. The molecule has 20 heavy (non-hydrogen) atoms. The van der Waals surface area contributed by atoms with Gasteiger partial charge in [0.15, 0.2) is 0 Å². The first kappa shape index (κ1) is 15.8. The van der Waals surface area contributed by atoms with Crippen LogP contribution in [0.1, 0.15) is 58.8 Å². The molecule has 3 atom stereocenters. The fourth-order valence-corrected chi connectivity index (χ4v) is 3.33. The van der Waals surface area contributed by atoms with Gasteiger partial charge < -0.3 is 9.84 Å². The van der Waals surface area contributed by atoms with Gasteiger partial charge in [0, 0.05) is 0 Å². The highest BCUT2D eigenvalue weighted by Crippen LogP contribution is 2.41. The number of carboxylic acid groups (broad SMARTS) is 1. The van der Waals surface area contributed by atoms with Gasteiger partial charge in [0.25, 0.3) is 0 Å². The molecule has 2 rings (SSSR count). The number of carbonyl (C=O) groups is 1. The molecule has 0 bridgehead atoms. The second-order valence-corrected chi connectivity index (χ2v) is 6.68. The SMILES string of the molecule is CCCNC(COC1CCCC(C)C1)(C(=O)O)C1CC1. The lowest BCUT2D eigenvalue weighted by Crippen LogP contribution is -2.58. The van der Waals surface area contributed by atoms with Crippen LogP contribution in [0.2, 0.25) is 0 Å². The molecule has 0 aromatic rings. The molecule has 2 saturated carbocycles. The Labute approximate surface area is 122 Å². The maximum Gasteiger partial charge on any atom is 0.326 e. The van der Waals surface area contributed by atoms with E-state index in [-0.39, 0.29) is 12.0 Å². The van der Waals surface area contributed by atoms with Crippen LogP contribution in [0.4, 0.5) is 0 Å². The lowest BCUT2D eigenvalue weighted by atomic mass is 9.88. The molecule has 116 valence electrons. The molecule has 0 saturated heterocycles. The van der Waals surface area contributed by atoms with Crippen molar-refractivity contribution in [3.63, 3.8) is 0 Å². The number of ether oxygens (including phenoxy) is 1. The minimum absolute atomic E-state index is 0.243. The van der Waals surface area contributed by atoms with Crippen LogP contribution in [0, 0.1) is 11.8 Å². The van der Waals surface area contributed by atoms with Crippen molar-refractivity contribution in [2.75, 3.05) is 13.2 Å². The molecule has 2 aliphatic carbocycles. The second kappa shape index (κ2) is 6.90. The van der Waals surface area contributed by atoms with E-state index in [9.17, 15) is 9.90 Å². The average molecular weight is 283 g/mol. The maximum absolute atomic E-state index is 11.8. The number of hydrogen-bond acceptors (Lipinski definition) is 3. The van der Waals surface area contributed by atoms with Crippen LogP contribution in [-0.2, 0) is 9.53 Å². The summed E-state index contributed by atoms with van der Waals surface area (Å²) in [6.07, 6.45) is 7.85. The van der Waals surface area contributed by atoms with Crippen LogP contribution >= 0.6 is 0 Å². The highest BCUT2D eigenvalue weighted by molar-refractivity contribution is 5.80. The standard InChI is InChI=1S/C16H29NO3/c1-3-9-17-16(15(18)19,13-7-8-13)11-20-14-6-4-5-12(2)10-14/h12-14,17H,3-11H2,1-2H3,(H,18,19). The topological polar surface area (TPSA) is 58.6 Å². The number of aliphatic carboxylic acids is 1. The molecule has 0 heterocycles. The van der Waals surface area contributed by atoms with Crippen LogP contribution in [0.3, 0.4) is 0 Å². The van der Waals surface area contributed by atoms with E-state index in [1.807, 2.05) is 0 Å². The molecule has 2 fully saturated rings. The van der Waals surface area contributed by atoms with Gasteiger partial charge in [-0.2, -0.15) is 0 Å². The molecular formula is C16H29NO3. The molecule has 0 aromatic heterocycles. The predicted octanol–water partition coefficient (Wildman–Crippen LogP) is 2.81. The van der Waals surface area contributed by atoms with Gasteiger partial charge in [-0.05, 0) is 50.5 Å². The van der Waals surface area contributed by atoms with Gasteiger partial charge in [0.1, 0.15) is 5.54 Å². The van der Waals surface area contributed by atoms with Gasteiger partial charge in [-0.25, -0.2) is 0 Å². The molecule has 0 spiro atoms. The summed E-state index contributed by atoms with van der Waals surface area (Å²) < 4.78 is 6.04. The van der Waals surface area contributed by atoms with Crippen LogP contribution in [0.25, 0.3) is 0 Å². The Hall–Kier alpha value is -0.610. The monoisotopic (exact) mass is 283 g/mol. The summed E-state index contributed by atoms with van der Waals surface area (Å²) in [4.78, 5) is 11.8. The zero-order valence-electron chi connectivity index (χ0n) is 12.9. The Balaban J connectivity index is 1.94. The smallest absolute Gasteiger partial charge is 0.326 e. The van der Waals surface area contributed by atoms with E-state index in [2.05, 4.69) is 19.2 Å². The first-order valence-corrected chi connectivity index (χ1v) is 8.18. The molecule has 4 nitrogen and oxygen atoms in total. The molecule has 0 aromatic carbocycles. The average Bonchev–Trinajstić information content (AvgIpc) is 3.24. The third kappa shape index (κ3) is 3.73. The molecule has 2 aliphatic rings. The van der Waals surface area contributed by atoms with Gasteiger partial charge in [0.2, 0.25) is 0 Å². The summed E-state index contributed by atoms with van der Waals surface area (Å²) in [6, 6.07) is 0. The van der Waals surface area contributed by atoms with Crippen molar-refractivity contribution in [3.05, 3.63) is 0 Å². The summed E-state index contributed by atoms with van der Waals surface area (Å²) in [5.74, 6) is 0.211. The Morgan fingerprint density at radius 1 is 1.35 bits per heavy atom. The minimum atomic E-state index is -0.851. The Kier molecular flexibility index (Phi) is 5.44. The first-order chi connectivity index (χ1) is 9.58. The van der Waals surface area contributed by atoms with E-state index in [0.717, 1.165) is 38.6 Å². The molecular weight excluding hydrogens is 254 g/mol. The Morgan fingerprint density at radius 3 is 2.65 bits per heavy atom. The Morgan fingerprint density at radius 2 is 2.10 bits per heavy atom. The fraction of sp³-hybridized carbons (Fsp3) is 0.938. The van der Waals surface area contributed by atoms with Gasteiger partial charge in [-0.3, -0.25) is 10.1 Å². The van der Waals surface area contributed by atoms with Crippen molar-refractivity contribution in [1.82, 2.24) is 5.32 Å². The lowest BCUT2D eigenvalue weighted by molar-refractivity contribution is -0.151. The number of carboxylic acids is 1. The van der Waals surface area contributed by atoms with E-state index in [1.54, 1.807) is 0 Å². The molecule has 2 N–H and O–H groups in total. The van der Waals surface area contributed by atoms with E-state index in [0.29, 0.717) is 12.5 Å². The predicted molar refractivity (Wildman–Crippen MR) is 78.8 cm³/mol. The van der Waals surface area contributed by atoms with Crippen molar-refractivity contribution in [2.24, 2.45) is 11.8 Å². The first-order valence-electron chi connectivity index (χ1n) is 8.18. The summed E-state index contributed by atoms with van der Waals surface area (Å²) >= 11 is 0. The van der Waals surface area contributed by atoms with E-state index in [4.69, 9.17) is 4.74 Å². The largest absolute Gasteiger partial charge is 0.480 e. The molecule has 4 heteroatoms. The third-order valence-corrected chi connectivity index (χ3v) is 4.78. The number of nitrogens with one attached hydrogen (secondary N) is 1. The van der Waals surface area contributed by atoms with Crippen LogP contribution < -0.4 is 5.32 Å². The zero-order chi connectivity index (χ0) is 14.6. The summed E-state index contributed by atoms with van der Waals surface area (Å²) in [7, 11) is 0. The quantitative estimate of drug-likeness (QED) is 0.719. The summed E-state index contributed by atoms with van der Waals surface area (Å²) in [5.41, 5.74) is -0.851. The third-order valence-electron chi connectivity index (χ3n) is 4.78. The highest BCUT2D eigenvalue weighted by Gasteiger charge is 2.51. The van der Waals surface area contributed by atoms with Crippen LogP contribution in [0.15, 0.2) is 0 Å². The van der Waals surface area contributed by atoms with Crippen molar-refractivity contribution in [3.8, 4) is 0 Å². The molecule has 0 radical (unpaired) electrons. The van der Waals surface area contributed by atoms with Crippen molar-refractivity contribution in [2.45, 2.75) is 70.4 Å². The van der Waals surface area contributed by atoms with E-state index >= 15 is 0 Å². The summed E-state index contributed by atoms with van der Waals surface area (Å²) in [6.45, 7) is 5.39. The van der Waals surface area contributed by atoms with Crippen molar-refractivity contribution < 1.29 is 14.6 Å². The van der Waals surface area contributed by atoms with Crippen LogP contribution in [0.5, 0.6) is 0 Å². The fourth-order valence-electron chi connectivity index (χ4n) is 3.33. The highest BCUT2D eigenvalue weighted by atomic mass is 16.5. The lowest BCUT2D eigenvalue weighted by Gasteiger charge is -2.34. The summed E-state index contributed by atoms with van der Waals surface area (Å²) in [5, 5.41) is 13.0. The van der Waals surface area contributed by atoms with Crippen molar-refractivity contribution in [1.29, 1.82) is 0 Å². The normalized spacial score (nSPS) is 29.9. The maximum atomic E-state index is 11.8.